The Hall–Kier alpha value is -0.580. The zero-order valence-electron chi connectivity index (χ0n) is 10.3. The molecule has 16 heavy (non-hydrogen) atoms. The van der Waals surface area contributed by atoms with Crippen LogP contribution in [0.3, 0.4) is 0 Å². The fourth-order valence-electron chi connectivity index (χ4n) is 1.55. The summed E-state index contributed by atoms with van der Waals surface area (Å²) < 4.78 is 0. The third-order valence-corrected chi connectivity index (χ3v) is 3.50. The minimum absolute atomic E-state index is 0.512. The topological polar surface area (TPSA) is 42.2 Å². The van der Waals surface area contributed by atoms with E-state index in [-0.39, 0.29) is 0 Å². The van der Waals surface area contributed by atoms with Crippen LogP contribution in [0.25, 0.3) is 0 Å². The van der Waals surface area contributed by atoms with E-state index in [4.69, 9.17) is 5.73 Å². The van der Waals surface area contributed by atoms with Crippen LogP contribution in [-0.2, 0) is 13.1 Å². The molecule has 4 heteroatoms. The van der Waals surface area contributed by atoms with E-state index in [0.29, 0.717) is 12.6 Å². The van der Waals surface area contributed by atoms with Gasteiger partial charge in [0.1, 0.15) is 0 Å². The van der Waals surface area contributed by atoms with Gasteiger partial charge in [0, 0.05) is 31.1 Å². The number of hydrogen-bond donors (Lipinski definition) is 1. The summed E-state index contributed by atoms with van der Waals surface area (Å²) in [6, 6.07) is 4.73. The first-order chi connectivity index (χ1) is 7.67. The molecule has 0 aromatic carbocycles. The first-order valence-corrected chi connectivity index (χ1v) is 6.89. The average molecular weight is 239 g/mol. The van der Waals surface area contributed by atoms with Crippen molar-refractivity contribution in [2.24, 2.45) is 5.73 Å². The Balaban J connectivity index is 2.58. The molecule has 3 nitrogen and oxygen atoms in total. The molecule has 0 bridgehead atoms. The lowest BCUT2D eigenvalue weighted by molar-refractivity contribution is 0.269. The van der Waals surface area contributed by atoms with Gasteiger partial charge in [-0.25, -0.2) is 0 Å². The van der Waals surface area contributed by atoms with E-state index in [1.54, 1.807) is 0 Å². The number of nitrogens with zero attached hydrogens (tertiary/aromatic N) is 2. The third kappa shape index (κ3) is 4.12. The van der Waals surface area contributed by atoms with Gasteiger partial charge in [-0.05, 0) is 37.9 Å². The molecule has 1 atom stereocenters. The SMILES string of the molecule is CSCC(C)N(C)Cc1ccnc(CN)c1. The van der Waals surface area contributed by atoms with Crippen LogP contribution >= 0.6 is 11.8 Å². The van der Waals surface area contributed by atoms with Gasteiger partial charge in [-0.1, -0.05) is 0 Å². The van der Waals surface area contributed by atoms with Crippen molar-refractivity contribution in [3.05, 3.63) is 29.6 Å². The molecule has 1 unspecified atom stereocenters. The van der Waals surface area contributed by atoms with Crippen molar-refractivity contribution in [2.45, 2.75) is 26.1 Å². The summed E-state index contributed by atoms with van der Waals surface area (Å²) in [4.78, 5) is 6.55. The normalized spacial score (nSPS) is 13.1. The van der Waals surface area contributed by atoms with Crippen LogP contribution in [0.5, 0.6) is 0 Å². The van der Waals surface area contributed by atoms with Crippen LogP contribution < -0.4 is 5.73 Å². The fraction of sp³-hybridized carbons (Fsp3) is 0.583. The molecule has 0 aliphatic rings. The van der Waals surface area contributed by atoms with E-state index < -0.39 is 0 Å². The Labute approximate surface area is 102 Å². The minimum Gasteiger partial charge on any atom is -0.325 e. The van der Waals surface area contributed by atoms with Crippen LogP contribution in [0.15, 0.2) is 18.3 Å². The van der Waals surface area contributed by atoms with Crippen LogP contribution in [0, 0.1) is 0 Å². The summed E-state index contributed by atoms with van der Waals surface area (Å²) in [7, 11) is 2.16. The summed E-state index contributed by atoms with van der Waals surface area (Å²) in [5, 5.41) is 0. The maximum atomic E-state index is 5.58. The summed E-state index contributed by atoms with van der Waals surface area (Å²) in [5.41, 5.74) is 7.82. The van der Waals surface area contributed by atoms with Crippen molar-refractivity contribution in [1.82, 2.24) is 9.88 Å². The van der Waals surface area contributed by atoms with Gasteiger partial charge < -0.3 is 5.73 Å². The van der Waals surface area contributed by atoms with E-state index >= 15 is 0 Å². The van der Waals surface area contributed by atoms with E-state index in [2.05, 4.69) is 42.2 Å². The van der Waals surface area contributed by atoms with E-state index in [9.17, 15) is 0 Å². The Morgan fingerprint density at radius 1 is 1.56 bits per heavy atom. The Morgan fingerprint density at radius 3 is 2.94 bits per heavy atom. The van der Waals surface area contributed by atoms with Gasteiger partial charge >= 0.3 is 0 Å². The monoisotopic (exact) mass is 239 g/mol. The highest BCUT2D eigenvalue weighted by Crippen LogP contribution is 2.09. The fourth-order valence-corrected chi connectivity index (χ4v) is 2.29. The molecule has 2 N–H and O–H groups in total. The lowest BCUT2D eigenvalue weighted by atomic mass is 10.2. The number of nitrogens with two attached hydrogens (primary N) is 1. The lowest BCUT2D eigenvalue weighted by Gasteiger charge is -2.24. The Kier molecular flexibility index (Phi) is 5.80. The predicted octanol–water partition coefficient (Wildman–Crippen LogP) is 1.72. The second-order valence-electron chi connectivity index (χ2n) is 4.08. The second kappa shape index (κ2) is 6.89. The van der Waals surface area contributed by atoms with Crippen molar-refractivity contribution in [3.63, 3.8) is 0 Å². The van der Waals surface area contributed by atoms with Gasteiger partial charge in [0.05, 0.1) is 5.69 Å². The summed E-state index contributed by atoms with van der Waals surface area (Å²) >= 11 is 1.88. The van der Waals surface area contributed by atoms with Gasteiger partial charge in [0.25, 0.3) is 0 Å². The number of aromatic nitrogens is 1. The van der Waals surface area contributed by atoms with Gasteiger partial charge in [-0.15, -0.1) is 0 Å². The molecule has 0 amide bonds. The molecule has 0 fully saturated rings. The van der Waals surface area contributed by atoms with E-state index in [1.165, 1.54) is 5.56 Å². The number of thioether (sulfide) groups is 1. The molecule has 0 saturated carbocycles. The van der Waals surface area contributed by atoms with Crippen LogP contribution in [0.2, 0.25) is 0 Å². The van der Waals surface area contributed by atoms with Crippen molar-refractivity contribution in [2.75, 3.05) is 19.1 Å². The molecule has 0 aliphatic carbocycles. The largest absolute Gasteiger partial charge is 0.325 e. The predicted molar refractivity (Wildman–Crippen MR) is 71.4 cm³/mol. The highest BCUT2D eigenvalue weighted by atomic mass is 32.2. The minimum atomic E-state index is 0.512. The molecule has 0 radical (unpaired) electrons. The lowest BCUT2D eigenvalue weighted by Crippen LogP contribution is -2.30. The Bertz CT molecular complexity index is 317. The molecule has 1 aromatic rings. The van der Waals surface area contributed by atoms with Gasteiger partial charge in [0.2, 0.25) is 0 Å². The quantitative estimate of drug-likeness (QED) is 0.821. The van der Waals surface area contributed by atoms with Crippen LogP contribution in [-0.4, -0.2) is 35.0 Å². The first kappa shape index (κ1) is 13.5. The van der Waals surface area contributed by atoms with Crippen molar-refractivity contribution >= 4 is 11.8 Å². The van der Waals surface area contributed by atoms with Gasteiger partial charge in [-0.2, -0.15) is 11.8 Å². The average Bonchev–Trinajstić information content (AvgIpc) is 2.29. The van der Waals surface area contributed by atoms with E-state index in [1.807, 2.05) is 18.0 Å². The van der Waals surface area contributed by atoms with Crippen molar-refractivity contribution in [3.8, 4) is 0 Å². The molecule has 90 valence electrons. The highest BCUT2D eigenvalue weighted by Gasteiger charge is 2.08. The maximum Gasteiger partial charge on any atom is 0.0542 e. The van der Waals surface area contributed by atoms with Gasteiger partial charge in [0.15, 0.2) is 0 Å². The molecule has 0 aliphatic heterocycles. The number of pyridine rings is 1. The van der Waals surface area contributed by atoms with Crippen LogP contribution in [0.4, 0.5) is 0 Å². The molecular weight excluding hydrogens is 218 g/mol. The standard InChI is InChI=1S/C12H21N3S/c1-10(9-16-3)15(2)8-11-4-5-14-12(6-11)7-13/h4-6,10H,7-9,13H2,1-3H3. The molecule has 1 rings (SSSR count). The molecule has 0 saturated heterocycles. The van der Waals surface area contributed by atoms with Crippen LogP contribution in [0.1, 0.15) is 18.2 Å². The molecule has 1 heterocycles. The van der Waals surface area contributed by atoms with E-state index in [0.717, 1.165) is 18.0 Å². The molecule has 1 aromatic heterocycles. The summed E-state index contributed by atoms with van der Waals surface area (Å²) in [6.07, 6.45) is 3.98. The summed E-state index contributed by atoms with van der Waals surface area (Å²) in [5.74, 6) is 1.16. The number of hydrogen-bond acceptors (Lipinski definition) is 4. The maximum absolute atomic E-state index is 5.58. The smallest absolute Gasteiger partial charge is 0.0542 e. The first-order valence-electron chi connectivity index (χ1n) is 5.50. The molecule has 0 spiro atoms. The second-order valence-corrected chi connectivity index (χ2v) is 4.99. The van der Waals surface area contributed by atoms with Crippen molar-refractivity contribution < 1.29 is 0 Å². The van der Waals surface area contributed by atoms with Gasteiger partial charge in [-0.3, -0.25) is 9.88 Å². The zero-order valence-corrected chi connectivity index (χ0v) is 11.1. The summed E-state index contributed by atoms with van der Waals surface area (Å²) in [6.45, 7) is 3.72. The number of rotatable bonds is 6. The molecular formula is C12H21N3S. The Morgan fingerprint density at radius 2 is 2.31 bits per heavy atom. The highest BCUT2D eigenvalue weighted by molar-refractivity contribution is 7.98. The van der Waals surface area contributed by atoms with Crippen molar-refractivity contribution in [1.29, 1.82) is 0 Å². The third-order valence-electron chi connectivity index (χ3n) is 2.68. The zero-order chi connectivity index (χ0) is 12.0.